The zero-order chi connectivity index (χ0) is 20.6. The average Bonchev–Trinajstić information content (AvgIpc) is 3.04. The van der Waals surface area contributed by atoms with Gasteiger partial charge in [-0.2, -0.15) is 0 Å². The van der Waals surface area contributed by atoms with E-state index in [-0.39, 0.29) is 4.90 Å². The molecule has 0 aliphatic heterocycles. The van der Waals surface area contributed by atoms with Gasteiger partial charge < -0.3 is 15.6 Å². The molecule has 0 fully saturated rings. The summed E-state index contributed by atoms with van der Waals surface area (Å²) in [6.07, 6.45) is 2.25. The smallest absolute Gasteiger partial charge is 0.177 e. The number of nitrogens with zero attached hydrogens (tertiary/aromatic N) is 3. The van der Waals surface area contributed by atoms with Crippen LogP contribution < -0.4 is 10.6 Å². The first-order valence-electron chi connectivity index (χ1n) is 8.61. The topological polar surface area (TPSA) is 113 Å². The molecule has 0 unspecified atom stereocenters. The number of sulfone groups is 1. The largest absolute Gasteiger partial charge is 0.352 e. The first-order chi connectivity index (χ1) is 13.8. The number of hydrogen-bond acceptors (Lipinski definition) is 7. The lowest BCUT2D eigenvalue weighted by Gasteiger charge is -2.13. The molecule has 0 atom stereocenters. The van der Waals surface area contributed by atoms with E-state index in [9.17, 15) is 12.8 Å². The van der Waals surface area contributed by atoms with Gasteiger partial charge >= 0.3 is 0 Å². The summed E-state index contributed by atoms with van der Waals surface area (Å²) in [5.74, 6) is 1.06. The predicted molar refractivity (Wildman–Crippen MR) is 109 cm³/mol. The maximum absolute atomic E-state index is 13.1. The molecule has 3 aromatic heterocycles. The van der Waals surface area contributed by atoms with Gasteiger partial charge in [-0.15, -0.1) is 0 Å². The highest BCUT2D eigenvalue weighted by Crippen LogP contribution is 2.30. The van der Waals surface area contributed by atoms with Crippen LogP contribution in [0.25, 0.3) is 11.2 Å². The van der Waals surface area contributed by atoms with Crippen LogP contribution in [-0.4, -0.2) is 34.6 Å². The molecule has 29 heavy (non-hydrogen) atoms. The first-order valence-corrected chi connectivity index (χ1v) is 10.5. The van der Waals surface area contributed by atoms with Crippen molar-refractivity contribution >= 4 is 44.0 Å². The molecule has 8 nitrogen and oxygen atoms in total. The number of pyridine rings is 2. The summed E-state index contributed by atoms with van der Waals surface area (Å²) in [4.78, 5) is 16.1. The van der Waals surface area contributed by atoms with Gasteiger partial charge in [0.25, 0.3) is 0 Å². The Balaban J connectivity index is 1.79. The van der Waals surface area contributed by atoms with E-state index in [4.69, 9.17) is 0 Å². The van der Waals surface area contributed by atoms with Crippen LogP contribution in [0.3, 0.4) is 0 Å². The Labute approximate surface area is 166 Å². The number of nitrogens with one attached hydrogen (secondary N) is 3. The van der Waals surface area contributed by atoms with Gasteiger partial charge in [0.1, 0.15) is 28.8 Å². The number of benzene rings is 1. The van der Waals surface area contributed by atoms with E-state index in [0.29, 0.717) is 40.0 Å². The Hall–Kier alpha value is -3.53. The van der Waals surface area contributed by atoms with Crippen LogP contribution in [0.15, 0.2) is 53.6 Å². The standard InChI is InChI=1S/C19H17FN6O2S/c1-11-22-18-14(24-13-5-3-4-6-15(13)29(2,27)28)9-17(26-19(18)23-11)25-16-8-7-12(20)10-21-16/h3-10H,1-2H3,(H3,21,22,23,24,25,26). The van der Waals surface area contributed by atoms with Crippen LogP contribution in [0.5, 0.6) is 0 Å². The zero-order valence-corrected chi connectivity index (χ0v) is 16.4. The number of halogens is 1. The molecular weight excluding hydrogens is 395 g/mol. The summed E-state index contributed by atoms with van der Waals surface area (Å²) in [6.45, 7) is 1.80. The van der Waals surface area contributed by atoms with Crippen LogP contribution in [0.1, 0.15) is 5.82 Å². The second-order valence-corrected chi connectivity index (χ2v) is 8.44. The molecule has 10 heteroatoms. The van der Waals surface area contributed by atoms with Crippen LogP contribution in [0.4, 0.5) is 27.4 Å². The van der Waals surface area contributed by atoms with E-state index in [0.717, 1.165) is 12.5 Å². The summed E-state index contributed by atoms with van der Waals surface area (Å²) in [7, 11) is -3.43. The van der Waals surface area contributed by atoms with E-state index in [2.05, 4.69) is 30.6 Å². The van der Waals surface area contributed by atoms with E-state index in [1.54, 1.807) is 31.2 Å². The third-order valence-corrected chi connectivity index (χ3v) is 5.27. The number of aryl methyl sites for hydroxylation is 1. The normalized spacial score (nSPS) is 11.6. The molecule has 148 valence electrons. The zero-order valence-electron chi connectivity index (χ0n) is 15.6. The average molecular weight is 412 g/mol. The van der Waals surface area contributed by atoms with Crippen molar-refractivity contribution in [3.05, 3.63) is 60.3 Å². The van der Waals surface area contributed by atoms with Crippen molar-refractivity contribution < 1.29 is 12.8 Å². The number of fused-ring (bicyclic) bond motifs is 1. The molecule has 3 heterocycles. The molecule has 0 saturated heterocycles. The highest BCUT2D eigenvalue weighted by Gasteiger charge is 2.16. The Morgan fingerprint density at radius 1 is 1.00 bits per heavy atom. The molecule has 0 amide bonds. The van der Waals surface area contributed by atoms with E-state index < -0.39 is 15.7 Å². The Bertz CT molecular complexity index is 1300. The van der Waals surface area contributed by atoms with Crippen molar-refractivity contribution in [2.24, 2.45) is 0 Å². The molecule has 0 radical (unpaired) electrons. The van der Waals surface area contributed by atoms with Crippen molar-refractivity contribution in [1.29, 1.82) is 0 Å². The van der Waals surface area contributed by atoms with Gasteiger partial charge in [0.2, 0.25) is 0 Å². The van der Waals surface area contributed by atoms with Gasteiger partial charge in [0, 0.05) is 12.3 Å². The van der Waals surface area contributed by atoms with Crippen molar-refractivity contribution in [3.8, 4) is 0 Å². The fourth-order valence-corrected chi connectivity index (χ4v) is 3.73. The summed E-state index contributed by atoms with van der Waals surface area (Å²) in [5.41, 5.74) is 2.05. The Kier molecular flexibility index (Phi) is 4.63. The quantitative estimate of drug-likeness (QED) is 0.458. The van der Waals surface area contributed by atoms with Crippen LogP contribution in [0.2, 0.25) is 0 Å². The number of imidazole rings is 1. The summed E-state index contributed by atoms with van der Waals surface area (Å²) in [6, 6.07) is 11.1. The van der Waals surface area contributed by atoms with Gasteiger partial charge in [-0.05, 0) is 31.2 Å². The summed E-state index contributed by atoms with van der Waals surface area (Å²) >= 11 is 0. The van der Waals surface area contributed by atoms with Crippen molar-refractivity contribution in [2.75, 3.05) is 16.9 Å². The highest BCUT2D eigenvalue weighted by molar-refractivity contribution is 7.90. The number of hydrogen-bond donors (Lipinski definition) is 3. The summed E-state index contributed by atoms with van der Waals surface area (Å²) < 4.78 is 37.3. The first kappa shape index (κ1) is 18.8. The van der Waals surface area contributed by atoms with Gasteiger partial charge in [0.05, 0.1) is 22.5 Å². The Morgan fingerprint density at radius 3 is 2.52 bits per heavy atom. The second kappa shape index (κ2) is 7.13. The predicted octanol–water partition coefficient (Wildman–Crippen LogP) is 3.69. The summed E-state index contributed by atoms with van der Waals surface area (Å²) in [5, 5.41) is 6.16. The minimum absolute atomic E-state index is 0.173. The number of para-hydroxylation sites is 1. The molecule has 4 rings (SSSR count). The SMILES string of the molecule is Cc1nc2c(Nc3ccccc3S(C)(=O)=O)cc(Nc3ccc(F)cn3)nc2[nH]1. The van der Waals surface area contributed by atoms with Gasteiger partial charge in [-0.3, -0.25) is 0 Å². The van der Waals surface area contributed by atoms with Crippen LogP contribution >= 0.6 is 0 Å². The van der Waals surface area contributed by atoms with Crippen molar-refractivity contribution in [2.45, 2.75) is 11.8 Å². The molecule has 0 aliphatic rings. The van der Waals surface area contributed by atoms with Crippen molar-refractivity contribution in [3.63, 3.8) is 0 Å². The van der Waals surface area contributed by atoms with Crippen LogP contribution in [-0.2, 0) is 9.84 Å². The van der Waals surface area contributed by atoms with Gasteiger partial charge in [0.15, 0.2) is 15.5 Å². The van der Waals surface area contributed by atoms with Crippen LogP contribution in [0, 0.1) is 12.7 Å². The lowest BCUT2D eigenvalue weighted by molar-refractivity contribution is 0.602. The third kappa shape index (κ3) is 4.02. The lowest BCUT2D eigenvalue weighted by Crippen LogP contribution is -2.04. The molecule has 0 spiro atoms. The molecule has 1 aromatic carbocycles. The van der Waals surface area contributed by atoms with Crippen molar-refractivity contribution in [1.82, 2.24) is 19.9 Å². The number of anilines is 4. The maximum atomic E-state index is 13.1. The van der Waals surface area contributed by atoms with Gasteiger partial charge in [-0.25, -0.2) is 27.8 Å². The number of rotatable bonds is 5. The maximum Gasteiger partial charge on any atom is 0.177 e. The highest BCUT2D eigenvalue weighted by atomic mass is 32.2. The molecule has 0 aliphatic carbocycles. The lowest BCUT2D eigenvalue weighted by atomic mass is 10.2. The third-order valence-electron chi connectivity index (χ3n) is 4.11. The molecular formula is C19H17FN6O2S. The Morgan fingerprint density at radius 2 is 1.79 bits per heavy atom. The molecule has 3 N–H and O–H groups in total. The second-order valence-electron chi connectivity index (χ2n) is 6.45. The van der Waals surface area contributed by atoms with E-state index in [1.165, 1.54) is 18.2 Å². The van der Waals surface area contributed by atoms with E-state index in [1.807, 2.05) is 0 Å². The molecule has 0 bridgehead atoms. The fourth-order valence-electron chi connectivity index (χ4n) is 2.88. The fraction of sp³-hybridized carbons (Fsp3) is 0.105. The monoisotopic (exact) mass is 412 g/mol. The number of aromatic nitrogens is 4. The molecule has 0 saturated carbocycles. The minimum atomic E-state index is -3.43. The minimum Gasteiger partial charge on any atom is -0.352 e. The molecule has 4 aromatic rings. The van der Waals surface area contributed by atoms with E-state index >= 15 is 0 Å². The number of H-pyrrole nitrogens is 1. The van der Waals surface area contributed by atoms with Gasteiger partial charge in [-0.1, -0.05) is 12.1 Å². The number of aromatic amines is 1.